The fourth-order valence-corrected chi connectivity index (χ4v) is 2.47. The van der Waals surface area contributed by atoms with E-state index in [1.165, 1.54) is 0 Å². The van der Waals surface area contributed by atoms with Gasteiger partial charge in [0.05, 0.1) is 0 Å². The van der Waals surface area contributed by atoms with E-state index in [1.54, 1.807) is 0 Å². The summed E-state index contributed by atoms with van der Waals surface area (Å²) in [4.78, 5) is 16.4. The van der Waals surface area contributed by atoms with Crippen LogP contribution in [0.25, 0.3) is 0 Å². The molecule has 0 bridgehead atoms. The summed E-state index contributed by atoms with van der Waals surface area (Å²) in [5, 5.41) is 3.02. The summed E-state index contributed by atoms with van der Waals surface area (Å²) in [6.07, 6.45) is 2.30. The number of carbonyl (C=O) groups excluding carboxylic acids is 1. The van der Waals surface area contributed by atoms with E-state index in [-0.39, 0.29) is 11.6 Å². The molecule has 5 nitrogen and oxygen atoms in total. The van der Waals surface area contributed by atoms with E-state index in [2.05, 4.69) is 17.1 Å². The van der Waals surface area contributed by atoms with E-state index >= 15 is 0 Å². The Morgan fingerprint density at radius 2 is 1.84 bits per heavy atom. The molecule has 0 saturated carbocycles. The maximum absolute atomic E-state index is 12.1. The number of hydrogen-bond acceptors (Lipinski definition) is 3. The second kappa shape index (κ2) is 7.10. The quantitative estimate of drug-likeness (QED) is 0.808. The van der Waals surface area contributed by atoms with Crippen LogP contribution in [0, 0.1) is 0 Å². The molecule has 1 unspecified atom stereocenters. The van der Waals surface area contributed by atoms with Crippen LogP contribution in [0.5, 0.6) is 0 Å². The number of nitrogens with two attached hydrogens (primary N) is 1. The predicted octanol–water partition coefficient (Wildman–Crippen LogP) is 1.24. The number of nitrogens with zero attached hydrogens (tertiary/aromatic N) is 2. The standard InChI is InChI=1S/C14H30N4O/c1-5-6-12(11-15)17-7-9-18(10-8-17)13(19)16-14(2,3)4/h12H,5-11,15H2,1-4H3,(H,16,19). The highest BCUT2D eigenvalue weighted by molar-refractivity contribution is 5.75. The zero-order valence-electron chi connectivity index (χ0n) is 12.9. The Hall–Kier alpha value is -0.810. The lowest BCUT2D eigenvalue weighted by molar-refractivity contribution is 0.104. The van der Waals surface area contributed by atoms with Gasteiger partial charge in [-0.05, 0) is 27.2 Å². The minimum Gasteiger partial charge on any atom is -0.333 e. The second-order valence-electron chi connectivity index (χ2n) is 6.38. The molecule has 0 aromatic rings. The number of carbonyl (C=O) groups is 1. The van der Waals surface area contributed by atoms with Crippen LogP contribution < -0.4 is 11.1 Å². The van der Waals surface area contributed by atoms with Crippen LogP contribution in [0.3, 0.4) is 0 Å². The smallest absolute Gasteiger partial charge is 0.317 e. The summed E-state index contributed by atoms with van der Waals surface area (Å²) in [6.45, 7) is 12.4. The van der Waals surface area contributed by atoms with Crippen molar-refractivity contribution in [2.45, 2.75) is 52.1 Å². The van der Waals surface area contributed by atoms with Gasteiger partial charge in [-0.15, -0.1) is 0 Å². The highest BCUT2D eigenvalue weighted by Gasteiger charge is 2.26. The molecule has 0 radical (unpaired) electrons. The summed E-state index contributed by atoms with van der Waals surface area (Å²) >= 11 is 0. The molecule has 1 atom stereocenters. The van der Waals surface area contributed by atoms with Crippen molar-refractivity contribution in [3.8, 4) is 0 Å². The van der Waals surface area contributed by atoms with Crippen molar-refractivity contribution in [3.05, 3.63) is 0 Å². The van der Waals surface area contributed by atoms with Crippen LogP contribution in [0.2, 0.25) is 0 Å². The molecule has 1 aliphatic heterocycles. The van der Waals surface area contributed by atoms with Crippen LogP contribution in [0.1, 0.15) is 40.5 Å². The molecule has 0 aromatic carbocycles. The van der Waals surface area contributed by atoms with Crippen LogP contribution >= 0.6 is 0 Å². The molecular weight excluding hydrogens is 240 g/mol. The molecule has 0 aromatic heterocycles. The van der Waals surface area contributed by atoms with Crippen LogP contribution in [-0.4, -0.2) is 60.1 Å². The largest absolute Gasteiger partial charge is 0.333 e. The lowest BCUT2D eigenvalue weighted by Gasteiger charge is -2.39. The molecular formula is C14H30N4O. The lowest BCUT2D eigenvalue weighted by Crippen LogP contribution is -2.57. The zero-order chi connectivity index (χ0) is 14.5. The van der Waals surface area contributed by atoms with Gasteiger partial charge >= 0.3 is 6.03 Å². The number of nitrogens with one attached hydrogen (secondary N) is 1. The maximum Gasteiger partial charge on any atom is 0.317 e. The first-order chi connectivity index (χ1) is 8.87. The minimum absolute atomic E-state index is 0.0481. The van der Waals surface area contributed by atoms with Crippen molar-refractivity contribution in [3.63, 3.8) is 0 Å². The second-order valence-corrected chi connectivity index (χ2v) is 6.38. The molecule has 1 fully saturated rings. The van der Waals surface area contributed by atoms with Gasteiger partial charge in [0.2, 0.25) is 0 Å². The molecule has 1 rings (SSSR count). The Balaban J connectivity index is 2.42. The summed E-state index contributed by atoms with van der Waals surface area (Å²) < 4.78 is 0. The van der Waals surface area contributed by atoms with Crippen LogP contribution in [0.4, 0.5) is 4.79 Å². The average molecular weight is 270 g/mol. The molecule has 1 aliphatic rings. The van der Waals surface area contributed by atoms with Gasteiger partial charge in [-0.3, -0.25) is 4.90 Å². The highest BCUT2D eigenvalue weighted by atomic mass is 16.2. The Labute approximate surface area is 117 Å². The fourth-order valence-electron chi connectivity index (χ4n) is 2.47. The third kappa shape index (κ3) is 5.37. The van der Waals surface area contributed by atoms with Gasteiger partial charge < -0.3 is 16.0 Å². The average Bonchev–Trinajstić information content (AvgIpc) is 2.34. The third-order valence-corrected chi connectivity index (χ3v) is 3.49. The number of piperazine rings is 1. The molecule has 0 aliphatic carbocycles. The van der Waals surface area contributed by atoms with Gasteiger partial charge in [-0.1, -0.05) is 13.3 Å². The SMILES string of the molecule is CCCC(CN)N1CCN(C(=O)NC(C)(C)C)CC1. The van der Waals surface area contributed by atoms with E-state index in [4.69, 9.17) is 5.73 Å². The van der Waals surface area contributed by atoms with Gasteiger partial charge in [-0.2, -0.15) is 0 Å². The third-order valence-electron chi connectivity index (χ3n) is 3.49. The van der Waals surface area contributed by atoms with Gasteiger partial charge in [0.15, 0.2) is 0 Å². The van der Waals surface area contributed by atoms with E-state index in [9.17, 15) is 4.79 Å². The molecule has 3 N–H and O–H groups in total. The first-order valence-corrected chi connectivity index (χ1v) is 7.38. The Morgan fingerprint density at radius 3 is 2.26 bits per heavy atom. The summed E-state index contributed by atoms with van der Waals surface area (Å²) in [5.74, 6) is 0. The van der Waals surface area contributed by atoms with E-state index < -0.39 is 0 Å². The Morgan fingerprint density at radius 1 is 1.26 bits per heavy atom. The van der Waals surface area contributed by atoms with Crippen molar-refractivity contribution in [1.82, 2.24) is 15.1 Å². The minimum atomic E-state index is -0.170. The lowest BCUT2D eigenvalue weighted by atomic mass is 10.1. The van der Waals surface area contributed by atoms with Crippen molar-refractivity contribution in [1.29, 1.82) is 0 Å². The maximum atomic E-state index is 12.1. The van der Waals surface area contributed by atoms with Crippen molar-refractivity contribution in [2.24, 2.45) is 5.73 Å². The normalized spacial score (nSPS) is 19.3. The van der Waals surface area contributed by atoms with E-state index in [1.807, 2.05) is 25.7 Å². The van der Waals surface area contributed by atoms with Gasteiger partial charge in [-0.25, -0.2) is 4.79 Å². The summed E-state index contributed by atoms with van der Waals surface area (Å²) in [6, 6.07) is 0.518. The first kappa shape index (κ1) is 16.2. The summed E-state index contributed by atoms with van der Waals surface area (Å²) in [7, 11) is 0. The number of urea groups is 1. The van der Waals surface area contributed by atoms with Gasteiger partial charge in [0, 0.05) is 44.3 Å². The first-order valence-electron chi connectivity index (χ1n) is 7.38. The number of amides is 2. The number of hydrogen-bond donors (Lipinski definition) is 2. The molecule has 1 saturated heterocycles. The molecule has 2 amide bonds. The predicted molar refractivity (Wildman–Crippen MR) is 79.2 cm³/mol. The van der Waals surface area contributed by atoms with Gasteiger partial charge in [0.1, 0.15) is 0 Å². The van der Waals surface area contributed by atoms with Crippen molar-refractivity contribution >= 4 is 6.03 Å². The molecule has 1 heterocycles. The summed E-state index contributed by atoms with van der Waals surface area (Å²) in [5.41, 5.74) is 5.66. The van der Waals surface area contributed by atoms with Crippen molar-refractivity contribution < 1.29 is 4.79 Å². The van der Waals surface area contributed by atoms with Crippen molar-refractivity contribution in [2.75, 3.05) is 32.7 Å². The molecule has 5 heteroatoms. The van der Waals surface area contributed by atoms with Gasteiger partial charge in [0.25, 0.3) is 0 Å². The fraction of sp³-hybridized carbons (Fsp3) is 0.929. The Kier molecular flexibility index (Phi) is 6.07. The zero-order valence-corrected chi connectivity index (χ0v) is 12.9. The highest BCUT2D eigenvalue weighted by Crippen LogP contribution is 2.11. The van der Waals surface area contributed by atoms with E-state index in [0.717, 1.165) is 39.0 Å². The van der Waals surface area contributed by atoms with Crippen LogP contribution in [-0.2, 0) is 0 Å². The molecule has 112 valence electrons. The number of rotatable bonds is 4. The Bertz CT molecular complexity index is 280. The van der Waals surface area contributed by atoms with E-state index in [0.29, 0.717) is 12.6 Å². The monoisotopic (exact) mass is 270 g/mol. The van der Waals surface area contributed by atoms with Crippen LogP contribution in [0.15, 0.2) is 0 Å². The molecule has 19 heavy (non-hydrogen) atoms. The molecule has 0 spiro atoms. The topological polar surface area (TPSA) is 61.6 Å².